The maximum Gasteiger partial charge on any atom is 0.125 e. The van der Waals surface area contributed by atoms with Gasteiger partial charge in [-0.3, -0.25) is 0 Å². The fraction of sp³-hybridized carbons (Fsp3) is 0.786. The summed E-state index contributed by atoms with van der Waals surface area (Å²) in [5.74, 6) is 0. The van der Waals surface area contributed by atoms with Crippen molar-refractivity contribution in [2.24, 2.45) is 5.73 Å². The first-order valence-corrected chi connectivity index (χ1v) is 7.84. The SMILES string of the molecule is CCOC1(c2nc(C)c(CCN)s2)CCCCC1. The van der Waals surface area contributed by atoms with Crippen molar-refractivity contribution in [3.05, 3.63) is 15.6 Å². The quantitative estimate of drug-likeness (QED) is 0.892. The molecule has 2 N–H and O–H groups in total. The lowest BCUT2D eigenvalue weighted by atomic mass is 9.85. The highest BCUT2D eigenvalue weighted by atomic mass is 32.1. The monoisotopic (exact) mass is 268 g/mol. The van der Waals surface area contributed by atoms with E-state index in [2.05, 4.69) is 13.8 Å². The molecule has 18 heavy (non-hydrogen) atoms. The van der Waals surface area contributed by atoms with Crippen LogP contribution in [0.15, 0.2) is 0 Å². The zero-order valence-corrected chi connectivity index (χ0v) is 12.3. The zero-order valence-electron chi connectivity index (χ0n) is 11.5. The van der Waals surface area contributed by atoms with Crippen molar-refractivity contribution in [1.29, 1.82) is 0 Å². The van der Waals surface area contributed by atoms with Gasteiger partial charge >= 0.3 is 0 Å². The molecule has 1 aliphatic rings. The molecule has 2 rings (SSSR count). The number of hydrogen-bond acceptors (Lipinski definition) is 4. The lowest BCUT2D eigenvalue weighted by molar-refractivity contribution is -0.0705. The van der Waals surface area contributed by atoms with Crippen LogP contribution in [0.2, 0.25) is 0 Å². The summed E-state index contributed by atoms with van der Waals surface area (Å²) in [6.07, 6.45) is 7.02. The van der Waals surface area contributed by atoms with Gasteiger partial charge in [0.2, 0.25) is 0 Å². The van der Waals surface area contributed by atoms with Gasteiger partial charge in [-0.25, -0.2) is 4.98 Å². The highest BCUT2D eigenvalue weighted by Crippen LogP contribution is 2.42. The Morgan fingerprint density at radius 2 is 2.06 bits per heavy atom. The van der Waals surface area contributed by atoms with Gasteiger partial charge in [0.05, 0.1) is 5.69 Å². The molecule has 0 bridgehead atoms. The Labute approximate surface area is 114 Å². The van der Waals surface area contributed by atoms with Crippen LogP contribution in [0, 0.1) is 6.92 Å². The standard InChI is InChI=1S/C14H24N2OS/c1-3-17-14(8-5-4-6-9-14)13-16-11(2)12(18-13)7-10-15/h3-10,15H2,1-2H3. The fourth-order valence-electron chi connectivity index (χ4n) is 2.81. The topological polar surface area (TPSA) is 48.1 Å². The molecule has 3 nitrogen and oxygen atoms in total. The number of ether oxygens (including phenoxy) is 1. The van der Waals surface area contributed by atoms with Crippen molar-refractivity contribution in [3.63, 3.8) is 0 Å². The minimum absolute atomic E-state index is 0.102. The van der Waals surface area contributed by atoms with E-state index in [4.69, 9.17) is 15.5 Å². The minimum Gasteiger partial charge on any atom is -0.368 e. The molecule has 1 saturated carbocycles. The van der Waals surface area contributed by atoms with Crippen LogP contribution < -0.4 is 5.73 Å². The molecule has 0 aliphatic heterocycles. The molecule has 102 valence electrons. The van der Waals surface area contributed by atoms with Crippen LogP contribution in [0.1, 0.15) is 54.6 Å². The third-order valence-corrected chi connectivity index (χ3v) is 5.14. The third kappa shape index (κ3) is 2.76. The Balaban J connectivity index is 2.27. The number of aryl methyl sites for hydroxylation is 1. The second-order valence-corrected chi connectivity index (χ2v) is 6.14. The van der Waals surface area contributed by atoms with Crippen LogP contribution in [0.4, 0.5) is 0 Å². The molecule has 0 atom stereocenters. The molecule has 1 aromatic rings. The summed E-state index contributed by atoms with van der Waals surface area (Å²) in [6.45, 7) is 5.64. The fourth-order valence-corrected chi connectivity index (χ4v) is 4.08. The van der Waals surface area contributed by atoms with Crippen LogP contribution >= 0.6 is 11.3 Å². The zero-order chi connectivity index (χ0) is 13.0. The van der Waals surface area contributed by atoms with Crippen molar-refractivity contribution < 1.29 is 4.74 Å². The summed E-state index contributed by atoms with van der Waals surface area (Å²) in [7, 11) is 0. The summed E-state index contributed by atoms with van der Waals surface area (Å²) in [4.78, 5) is 6.11. The number of nitrogens with two attached hydrogens (primary N) is 1. The summed E-state index contributed by atoms with van der Waals surface area (Å²) in [5, 5.41) is 1.19. The molecule has 0 spiro atoms. The molecular weight excluding hydrogens is 244 g/mol. The number of rotatable bonds is 5. The Kier molecular flexibility index (Phi) is 4.76. The number of aromatic nitrogens is 1. The van der Waals surface area contributed by atoms with E-state index in [1.807, 2.05) is 11.3 Å². The van der Waals surface area contributed by atoms with Crippen molar-refractivity contribution in [1.82, 2.24) is 4.98 Å². The van der Waals surface area contributed by atoms with E-state index in [1.54, 1.807) is 0 Å². The molecular formula is C14H24N2OS. The molecule has 0 aromatic carbocycles. The largest absolute Gasteiger partial charge is 0.368 e. The van der Waals surface area contributed by atoms with Gasteiger partial charge in [0.15, 0.2) is 0 Å². The van der Waals surface area contributed by atoms with Crippen LogP contribution in [-0.4, -0.2) is 18.1 Å². The predicted octanol–water partition coefficient (Wildman–Crippen LogP) is 3.15. The molecule has 1 heterocycles. The second-order valence-electron chi connectivity index (χ2n) is 5.05. The van der Waals surface area contributed by atoms with E-state index >= 15 is 0 Å². The van der Waals surface area contributed by atoms with Crippen LogP contribution in [0.25, 0.3) is 0 Å². The molecule has 4 heteroatoms. The number of nitrogens with zero attached hydrogens (tertiary/aromatic N) is 1. The van der Waals surface area contributed by atoms with Crippen molar-refractivity contribution in [3.8, 4) is 0 Å². The Hall–Kier alpha value is -0.450. The molecule has 0 amide bonds. The second kappa shape index (κ2) is 6.13. The van der Waals surface area contributed by atoms with Gasteiger partial charge in [0.25, 0.3) is 0 Å². The van der Waals surface area contributed by atoms with Gasteiger partial charge in [0, 0.05) is 11.5 Å². The normalized spacial score (nSPS) is 19.1. The van der Waals surface area contributed by atoms with Crippen molar-refractivity contribution >= 4 is 11.3 Å². The smallest absolute Gasteiger partial charge is 0.125 e. The molecule has 0 unspecified atom stereocenters. The van der Waals surface area contributed by atoms with Crippen LogP contribution in [0.3, 0.4) is 0 Å². The molecule has 1 aromatic heterocycles. The summed E-state index contributed by atoms with van der Waals surface area (Å²) in [5.41, 5.74) is 6.70. The Morgan fingerprint density at radius 1 is 1.33 bits per heavy atom. The van der Waals surface area contributed by atoms with E-state index in [9.17, 15) is 0 Å². The Morgan fingerprint density at radius 3 is 2.67 bits per heavy atom. The number of hydrogen-bond donors (Lipinski definition) is 1. The average Bonchev–Trinajstić information content (AvgIpc) is 2.74. The van der Waals surface area contributed by atoms with E-state index in [-0.39, 0.29) is 5.60 Å². The molecule has 0 radical (unpaired) electrons. The van der Waals surface area contributed by atoms with E-state index < -0.39 is 0 Å². The van der Waals surface area contributed by atoms with E-state index in [0.717, 1.165) is 31.6 Å². The van der Waals surface area contributed by atoms with E-state index in [1.165, 1.54) is 29.1 Å². The predicted molar refractivity (Wildman–Crippen MR) is 76.0 cm³/mol. The summed E-state index contributed by atoms with van der Waals surface area (Å²) in [6, 6.07) is 0. The van der Waals surface area contributed by atoms with E-state index in [0.29, 0.717) is 6.54 Å². The lowest BCUT2D eigenvalue weighted by Crippen LogP contribution is -2.32. The van der Waals surface area contributed by atoms with Crippen molar-refractivity contribution in [2.75, 3.05) is 13.2 Å². The third-order valence-electron chi connectivity index (χ3n) is 3.74. The molecule has 1 aliphatic carbocycles. The average molecular weight is 268 g/mol. The molecule has 0 saturated heterocycles. The number of thiazole rings is 1. The maximum absolute atomic E-state index is 6.12. The van der Waals surface area contributed by atoms with Gasteiger partial charge in [-0.05, 0) is 39.7 Å². The maximum atomic E-state index is 6.12. The van der Waals surface area contributed by atoms with Crippen LogP contribution in [0.5, 0.6) is 0 Å². The lowest BCUT2D eigenvalue weighted by Gasteiger charge is -2.35. The minimum atomic E-state index is -0.102. The first-order valence-electron chi connectivity index (χ1n) is 7.02. The van der Waals surface area contributed by atoms with Gasteiger partial charge < -0.3 is 10.5 Å². The van der Waals surface area contributed by atoms with Gasteiger partial charge in [0.1, 0.15) is 10.6 Å². The summed E-state index contributed by atoms with van der Waals surface area (Å²) >= 11 is 1.81. The van der Waals surface area contributed by atoms with Gasteiger partial charge in [-0.2, -0.15) is 0 Å². The highest BCUT2D eigenvalue weighted by Gasteiger charge is 2.37. The highest BCUT2D eigenvalue weighted by molar-refractivity contribution is 7.11. The van der Waals surface area contributed by atoms with Gasteiger partial charge in [-0.15, -0.1) is 11.3 Å². The summed E-state index contributed by atoms with van der Waals surface area (Å²) < 4.78 is 6.12. The first kappa shape index (κ1) is 14.0. The Bertz CT molecular complexity index is 378. The molecule has 1 fully saturated rings. The first-order chi connectivity index (χ1) is 8.72. The van der Waals surface area contributed by atoms with Gasteiger partial charge in [-0.1, -0.05) is 19.3 Å². The van der Waals surface area contributed by atoms with Crippen LogP contribution in [-0.2, 0) is 16.8 Å². The van der Waals surface area contributed by atoms with Crippen molar-refractivity contribution in [2.45, 2.75) is 58.0 Å².